The molecule has 26 heavy (non-hydrogen) atoms. The van der Waals surface area contributed by atoms with E-state index in [-0.39, 0.29) is 29.7 Å². The van der Waals surface area contributed by atoms with Crippen molar-refractivity contribution in [1.82, 2.24) is 15.3 Å². The Kier molecular flexibility index (Phi) is 8.72. The number of aromatic nitrogens is 2. The fourth-order valence-electron chi connectivity index (χ4n) is 2.80. The molecule has 1 aromatic heterocycles. The molecular formula is C16H23Cl2N5O2S. The highest BCUT2D eigenvalue weighted by Gasteiger charge is 2.13. The van der Waals surface area contributed by atoms with E-state index in [4.69, 9.17) is 5.14 Å². The van der Waals surface area contributed by atoms with Gasteiger partial charge in [-0.25, -0.2) is 23.5 Å². The first-order valence-corrected chi connectivity index (χ1v) is 9.48. The number of halogens is 2. The molecule has 2 aromatic rings. The summed E-state index contributed by atoms with van der Waals surface area (Å²) < 4.78 is 22.5. The van der Waals surface area contributed by atoms with Crippen LogP contribution in [0.4, 0.5) is 5.82 Å². The van der Waals surface area contributed by atoms with Gasteiger partial charge in [0, 0.05) is 25.1 Å². The lowest BCUT2D eigenvalue weighted by Crippen LogP contribution is -2.16. The Morgan fingerprint density at radius 1 is 1.08 bits per heavy atom. The Hall–Kier alpha value is -1.45. The van der Waals surface area contributed by atoms with Crippen LogP contribution in [0.25, 0.3) is 0 Å². The van der Waals surface area contributed by atoms with Crippen LogP contribution in [-0.4, -0.2) is 38.0 Å². The van der Waals surface area contributed by atoms with E-state index in [0.717, 1.165) is 49.4 Å². The normalized spacial score (nSPS) is 13.6. The summed E-state index contributed by atoms with van der Waals surface area (Å²) in [5.41, 5.74) is 3.33. The van der Waals surface area contributed by atoms with Crippen LogP contribution >= 0.6 is 24.8 Å². The topological polar surface area (TPSA) is 110 Å². The minimum Gasteiger partial charge on any atom is -0.369 e. The summed E-state index contributed by atoms with van der Waals surface area (Å²) >= 11 is 0. The largest absolute Gasteiger partial charge is 0.369 e. The molecule has 0 amide bonds. The molecule has 0 saturated carbocycles. The number of hydrogen-bond donors (Lipinski definition) is 3. The van der Waals surface area contributed by atoms with Crippen molar-refractivity contribution in [1.29, 1.82) is 0 Å². The highest BCUT2D eigenvalue weighted by Crippen LogP contribution is 2.18. The highest BCUT2D eigenvalue weighted by atomic mass is 35.5. The SMILES string of the molecule is Cl.Cl.NS(=O)(=O)c1ccc(CCNc2ncnc3c2CCNCC3)cc1. The van der Waals surface area contributed by atoms with E-state index in [1.54, 1.807) is 18.5 Å². The van der Waals surface area contributed by atoms with Crippen LogP contribution in [0.1, 0.15) is 16.8 Å². The van der Waals surface area contributed by atoms with E-state index < -0.39 is 10.0 Å². The first-order chi connectivity index (χ1) is 11.5. The fourth-order valence-corrected chi connectivity index (χ4v) is 3.31. The van der Waals surface area contributed by atoms with Gasteiger partial charge in [0.15, 0.2) is 0 Å². The molecule has 7 nitrogen and oxygen atoms in total. The number of sulfonamides is 1. The molecule has 1 aliphatic rings. The zero-order valence-electron chi connectivity index (χ0n) is 14.1. The predicted molar refractivity (Wildman–Crippen MR) is 107 cm³/mol. The number of fused-ring (bicyclic) bond motifs is 1. The second kappa shape index (κ2) is 10.0. The standard InChI is InChI=1S/C16H21N5O2S.2ClH/c17-24(22,23)13-3-1-12(2-4-13)5-10-19-16-14-6-8-18-9-7-15(14)20-11-21-16;;/h1-4,11,18H,5-10H2,(H2,17,22,23)(H,19,20,21);2*1H. The summed E-state index contributed by atoms with van der Waals surface area (Å²) in [7, 11) is -3.64. The molecule has 4 N–H and O–H groups in total. The summed E-state index contributed by atoms with van der Waals surface area (Å²) in [6.07, 6.45) is 4.21. The zero-order chi connectivity index (χ0) is 17.0. The van der Waals surface area contributed by atoms with E-state index >= 15 is 0 Å². The van der Waals surface area contributed by atoms with Crippen LogP contribution in [0, 0.1) is 0 Å². The van der Waals surface area contributed by atoms with E-state index in [0.29, 0.717) is 6.54 Å². The summed E-state index contributed by atoms with van der Waals surface area (Å²) in [4.78, 5) is 8.88. The van der Waals surface area contributed by atoms with Gasteiger partial charge < -0.3 is 10.6 Å². The van der Waals surface area contributed by atoms with Gasteiger partial charge in [-0.1, -0.05) is 12.1 Å². The number of benzene rings is 1. The van der Waals surface area contributed by atoms with Crippen molar-refractivity contribution in [3.05, 3.63) is 47.4 Å². The first-order valence-electron chi connectivity index (χ1n) is 7.93. The van der Waals surface area contributed by atoms with Gasteiger partial charge in [0.05, 0.1) is 10.6 Å². The Morgan fingerprint density at radius 2 is 1.77 bits per heavy atom. The average Bonchev–Trinajstić information content (AvgIpc) is 2.80. The number of rotatable bonds is 5. The summed E-state index contributed by atoms with van der Waals surface area (Å²) in [6, 6.07) is 6.64. The highest BCUT2D eigenvalue weighted by molar-refractivity contribution is 7.89. The van der Waals surface area contributed by atoms with Crippen molar-refractivity contribution in [3.63, 3.8) is 0 Å². The third kappa shape index (κ3) is 5.78. The van der Waals surface area contributed by atoms with Gasteiger partial charge in [-0.15, -0.1) is 24.8 Å². The molecule has 144 valence electrons. The van der Waals surface area contributed by atoms with Crippen LogP contribution in [0.2, 0.25) is 0 Å². The molecule has 10 heteroatoms. The molecule has 0 fully saturated rings. The summed E-state index contributed by atoms with van der Waals surface area (Å²) in [5.74, 6) is 0.893. The minimum absolute atomic E-state index is 0. The van der Waals surface area contributed by atoms with Crippen LogP contribution in [0.5, 0.6) is 0 Å². The van der Waals surface area contributed by atoms with E-state index in [1.165, 1.54) is 17.7 Å². The quantitative estimate of drug-likeness (QED) is 0.673. The van der Waals surface area contributed by atoms with Gasteiger partial charge in [0.1, 0.15) is 12.1 Å². The van der Waals surface area contributed by atoms with Crippen molar-refractivity contribution >= 4 is 40.7 Å². The first kappa shape index (κ1) is 22.6. The number of nitrogens with zero attached hydrogens (tertiary/aromatic N) is 2. The smallest absolute Gasteiger partial charge is 0.238 e. The molecular weight excluding hydrogens is 397 g/mol. The van der Waals surface area contributed by atoms with E-state index in [9.17, 15) is 8.42 Å². The molecule has 2 heterocycles. The third-order valence-corrected chi connectivity index (χ3v) is 5.01. The van der Waals surface area contributed by atoms with Gasteiger partial charge in [-0.2, -0.15) is 0 Å². The lowest BCUT2D eigenvalue weighted by molar-refractivity contribution is 0.598. The lowest BCUT2D eigenvalue weighted by atomic mass is 10.1. The Balaban J connectivity index is 0.00000169. The second-order valence-electron chi connectivity index (χ2n) is 5.76. The molecule has 0 atom stereocenters. The molecule has 0 aliphatic carbocycles. The Labute approximate surface area is 166 Å². The molecule has 3 rings (SSSR count). The maximum Gasteiger partial charge on any atom is 0.238 e. The average molecular weight is 420 g/mol. The Bertz CT molecular complexity index is 816. The molecule has 0 unspecified atom stereocenters. The van der Waals surface area contributed by atoms with Crippen molar-refractivity contribution in [2.75, 3.05) is 25.0 Å². The minimum atomic E-state index is -3.64. The summed E-state index contributed by atoms with van der Waals surface area (Å²) in [5, 5.41) is 11.8. The van der Waals surface area contributed by atoms with Crippen LogP contribution < -0.4 is 15.8 Å². The number of nitrogens with one attached hydrogen (secondary N) is 2. The monoisotopic (exact) mass is 419 g/mol. The van der Waals surface area contributed by atoms with Gasteiger partial charge in [-0.05, 0) is 37.1 Å². The fraction of sp³-hybridized carbons (Fsp3) is 0.375. The van der Waals surface area contributed by atoms with Crippen molar-refractivity contribution in [2.45, 2.75) is 24.2 Å². The number of anilines is 1. The lowest BCUT2D eigenvalue weighted by Gasteiger charge is -2.12. The molecule has 0 bridgehead atoms. The van der Waals surface area contributed by atoms with Crippen LogP contribution in [0.3, 0.4) is 0 Å². The maximum absolute atomic E-state index is 11.3. The number of nitrogens with two attached hydrogens (primary N) is 1. The van der Waals surface area contributed by atoms with E-state index in [1.807, 2.05) is 0 Å². The van der Waals surface area contributed by atoms with Gasteiger partial charge in [0.25, 0.3) is 0 Å². The van der Waals surface area contributed by atoms with Crippen LogP contribution in [0.15, 0.2) is 35.5 Å². The number of hydrogen-bond acceptors (Lipinski definition) is 6. The molecule has 0 saturated heterocycles. The van der Waals surface area contributed by atoms with E-state index in [2.05, 4.69) is 20.6 Å². The van der Waals surface area contributed by atoms with Gasteiger partial charge in [-0.3, -0.25) is 0 Å². The van der Waals surface area contributed by atoms with Crippen molar-refractivity contribution in [3.8, 4) is 0 Å². The predicted octanol–water partition coefficient (Wildman–Crippen LogP) is 1.31. The number of primary sulfonamides is 1. The van der Waals surface area contributed by atoms with Crippen molar-refractivity contribution in [2.24, 2.45) is 5.14 Å². The third-order valence-electron chi connectivity index (χ3n) is 4.08. The molecule has 1 aliphatic heterocycles. The summed E-state index contributed by atoms with van der Waals surface area (Å²) in [6.45, 7) is 2.59. The van der Waals surface area contributed by atoms with Crippen molar-refractivity contribution < 1.29 is 8.42 Å². The van der Waals surface area contributed by atoms with Crippen LogP contribution in [-0.2, 0) is 29.3 Å². The second-order valence-corrected chi connectivity index (χ2v) is 7.32. The molecule has 1 aromatic carbocycles. The zero-order valence-corrected chi connectivity index (χ0v) is 16.6. The Morgan fingerprint density at radius 3 is 2.46 bits per heavy atom. The van der Waals surface area contributed by atoms with Gasteiger partial charge in [0.2, 0.25) is 10.0 Å². The maximum atomic E-state index is 11.3. The molecule has 0 spiro atoms. The molecule has 0 radical (unpaired) electrons. The van der Waals surface area contributed by atoms with Gasteiger partial charge >= 0.3 is 0 Å².